The molecule has 2 aromatic rings. The maximum atomic E-state index is 10.8. The van der Waals surface area contributed by atoms with E-state index in [1.807, 2.05) is 37.3 Å². The van der Waals surface area contributed by atoms with E-state index in [-0.39, 0.29) is 11.9 Å². The minimum Gasteiger partial charge on any atom is -0.465 e. The summed E-state index contributed by atoms with van der Waals surface area (Å²) >= 11 is 0. The molecule has 1 atom stereocenters. The summed E-state index contributed by atoms with van der Waals surface area (Å²) in [5.41, 5.74) is 2.14. The maximum absolute atomic E-state index is 10.8. The van der Waals surface area contributed by atoms with Gasteiger partial charge in [0.25, 0.3) is 0 Å². The van der Waals surface area contributed by atoms with Crippen molar-refractivity contribution in [3.63, 3.8) is 0 Å². The van der Waals surface area contributed by atoms with Crippen LogP contribution in [0.15, 0.2) is 36.5 Å². The highest BCUT2D eigenvalue weighted by molar-refractivity contribution is 5.82. The highest BCUT2D eigenvalue weighted by Crippen LogP contribution is 2.24. The molecule has 0 fully saturated rings. The second kappa shape index (κ2) is 4.95. The van der Waals surface area contributed by atoms with Gasteiger partial charge in [0, 0.05) is 24.4 Å². The Morgan fingerprint density at radius 2 is 2.12 bits per heavy atom. The molecule has 0 aliphatic heterocycles. The second-order valence-electron chi connectivity index (χ2n) is 4.12. The fourth-order valence-electron chi connectivity index (χ4n) is 1.88. The molecule has 1 aromatic carbocycles. The van der Waals surface area contributed by atoms with E-state index < -0.39 is 0 Å². The minimum atomic E-state index is -0.241. The lowest BCUT2D eigenvalue weighted by molar-refractivity contribution is -0.141. The van der Waals surface area contributed by atoms with Crippen molar-refractivity contribution in [1.82, 2.24) is 4.98 Å². The van der Waals surface area contributed by atoms with E-state index in [1.54, 1.807) is 6.20 Å². The Morgan fingerprint density at radius 1 is 1.35 bits per heavy atom. The van der Waals surface area contributed by atoms with Crippen molar-refractivity contribution in [3.8, 4) is 0 Å². The van der Waals surface area contributed by atoms with Gasteiger partial charge in [-0.15, -0.1) is 0 Å². The molecule has 0 saturated carbocycles. The predicted octanol–water partition coefficient (Wildman–Crippen LogP) is 2.90. The third-order valence-electron chi connectivity index (χ3n) is 2.75. The first-order valence-corrected chi connectivity index (χ1v) is 5.65. The largest absolute Gasteiger partial charge is 0.465 e. The molecule has 1 aromatic heterocycles. The summed E-state index contributed by atoms with van der Waals surface area (Å²) in [5.74, 6) is -0.0676. The Bertz CT molecular complexity index is 531. The van der Waals surface area contributed by atoms with E-state index in [2.05, 4.69) is 4.98 Å². The normalized spacial score (nSPS) is 12.4. The van der Waals surface area contributed by atoms with Crippen LogP contribution in [-0.2, 0) is 9.53 Å². The number of rotatable bonds is 3. The lowest BCUT2D eigenvalue weighted by Crippen LogP contribution is -2.08. The van der Waals surface area contributed by atoms with Crippen molar-refractivity contribution in [1.29, 1.82) is 0 Å². The Morgan fingerprint density at radius 3 is 2.88 bits per heavy atom. The standard InChI is InChI=1S/C14H15NO2/c1-10(9-17-11(2)16)12-7-8-15-14-6-4-3-5-13(12)14/h3-8,10H,9H2,1-2H3/t10-/m0/s1. The molecule has 0 aliphatic rings. The number of nitrogens with zero attached hydrogens (tertiary/aromatic N) is 1. The van der Waals surface area contributed by atoms with E-state index >= 15 is 0 Å². The van der Waals surface area contributed by atoms with Crippen LogP contribution in [0.2, 0.25) is 0 Å². The van der Waals surface area contributed by atoms with Gasteiger partial charge in [-0.3, -0.25) is 9.78 Å². The first-order chi connectivity index (χ1) is 8.18. The van der Waals surface area contributed by atoms with Crippen LogP contribution in [0, 0.1) is 0 Å². The SMILES string of the molecule is CC(=O)OC[C@H](C)c1ccnc2ccccc12. The first-order valence-electron chi connectivity index (χ1n) is 5.65. The molecule has 0 unspecified atom stereocenters. The van der Waals surface area contributed by atoms with Gasteiger partial charge in [0.05, 0.1) is 12.1 Å². The summed E-state index contributed by atoms with van der Waals surface area (Å²) in [6, 6.07) is 9.97. The number of hydrogen-bond acceptors (Lipinski definition) is 3. The molecule has 0 N–H and O–H groups in total. The zero-order chi connectivity index (χ0) is 12.3. The van der Waals surface area contributed by atoms with Gasteiger partial charge in [0.15, 0.2) is 0 Å². The number of esters is 1. The van der Waals surface area contributed by atoms with Gasteiger partial charge in [-0.2, -0.15) is 0 Å². The summed E-state index contributed by atoms with van der Waals surface area (Å²) in [7, 11) is 0. The summed E-state index contributed by atoms with van der Waals surface area (Å²) < 4.78 is 5.05. The van der Waals surface area contributed by atoms with E-state index in [1.165, 1.54) is 6.92 Å². The number of hydrogen-bond donors (Lipinski definition) is 0. The van der Waals surface area contributed by atoms with Gasteiger partial charge >= 0.3 is 5.97 Å². The van der Waals surface area contributed by atoms with Gasteiger partial charge in [-0.1, -0.05) is 25.1 Å². The Hall–Kier alpha value is -1.90. The molecular weight excluding hydrogens is 214 g/mol. The van der Waals surface area contributed by atoms with Crippen molar-refractivity contribution >= 4 is 16.9 Å². The van der Waals surface area contributed by atoms with Gasteiger partial charge in [-0.05, 0) is 17.7 Å². The Balaban J connectivity index is 2.31. The molecule has 3 heteroatoms. The topological polar surface area (TPSA) is 39.2 Å². The van der Waals surface area contributed by atoms with E-state index in [4.69, 9.17) is 4.74 Å². The minimum absolute atomic E-state index is 0.173. The lowest BCUT2D eigenvalue weighted by Gasteiger charge is -2.13. The lowest BCUT2D eigenvalue weighted by atomic mass is 9.98. The number of carbonyl (C=O) groups excluding carboxylic acids is 1. The highest BCUT2D eigenvalue weighted by atomic mass is 16.5. The fraction of sp³-hybridized carbons (Fsp3) is 0.286. The van der Waals surface area contributed by atoms with Crippen LogP contribution in [-0.4, -0.2) is 17.6 Å². The zero-order valence-corrected chi connectivity index (χ0v) is 10.0. The summed E-state index contributed by atoms with van der Waals surface area (Å²) in [6.45, 7) is 3.88. The average Bonchev–Trinajstić information content (AvgIpc) is 2.35. The van der Waals surface area contributed by atoms with Crippen LogP contribution in [0.1, 0.15) is 25.3 Å². The summed E-state index contributed by atoms with van der Waals surface area (Å²) in [4.78, 5) is 15.1. The van der Waals surface area contributed by atoms with E-state index in [0.717, 1.165) is 16.5 Å². The molecular formula is C14H15NO2. The highest BCUT2D eigenvalue weighted by Gasteiger charge is 2.10. The summed E-state index contributed by atoms with van der Waals surface area (Å²) in [5, 5.41) is 1.12. The van der Waals surface area contributed by atoms with Crippen molar-refractivity contribution in [3.05, 3.63) is 42.1 Å². The van der Waals surface area contributed by atoms with E-state index in [9.17, 15) is 4.79 Å². The number of ether oxygens (including phenoxy) is 1. The number of para-hydroxylation sites is 1. The van der Waals surface area contributed by atoms with Crippen LogP contribution in [0.3, 0.4) is 0 Å². The van der Waals surface area contributed by atoms with Crippen molar-refractivity contribution in [2.45, 2.75) is 19.8 Å². The molecule has 0 spiro atoms. The Kier molecular flexibility index (Phi) is 3.38. The number of carbonyl (C=O) groups is 1. The average molecular weight is 229 g/mol. The molecule has 3 nitrogen and oxygen atoms in total. The maximum Gasteiger partial charge on any atom is 0.302 e. The quantitative estimate of drug-likeness (QED) is 0.760. The Labute approximate surface area is 100 Å². The van der Waals surface area contributed by atoms with Gasteiger partial charge < -0.3 is 4.74 Å². The van der Waals surface area contributed by atoms with Gasteiger partial charge in [0.1, 0.15) is 0 Å². The third-order valence-corrected chi connectivity index (χ3v) is 2.75. The predicted molar refractivity (Wildman–Crippen MR) is 66.8 cm³/mol. The number of fused-ring (bicyclic) bond motifs is 1. The molecule has 88 valence electrons. The monoisotopic (exact) mass is 229 g/mol. The van der Waals surface area contributed by atoms with Crippen LogP contribution in [0.5, 0.6) is 0 Å². The van der Waals surface area contributed by atoms with Crippen LogP contribution < -0.4 is 0 Å². The number of pyridine rings is 1. The van der Waals surface area contributed by atoms with Crippen molar-refractivity contribution in [2.75, 3.05) is 6.61 Å². The van der Waals surface area contributed by atoms with Crippen LogP contribution >= 0.6 is 0 Å². The van der Waals surface area contributed by atoms with Crippen molar-refractivity contribution < 1.29 is 9.53 Å². The fourth-order valence-corrected chi connectivity index (χ4v) is 1.88. The number of benzene rings is 1. The molecule has 0 saturated heterocycles. The van der Waals surface area contributed by atoms with Crippen LogP contribution in [0.25, 0.3) is 10.9 Å². The first kappa shape index (κ1) is 11.6. The zero-order valence-electron chi connectivity index (χ0n) is 10.0. The molecule has 0 aliphatic carbocycles. The molecule has 2 rings (SSSR count). The number of aromatic nitrogens is 1. The second-order valence-corrected chi connectivity index (χ2v) is 4.12. The molecule has 17 heavy (non-hydrogen) atoms. The molecule has 0 radical (unpaired) electrons. The molecule has 1 heterocycles. The van der Waals surface area contributed by atoms with Crippen molar-refractivity contribution in [2.24, 2.45) is 0 Å². The molecule has 0 amide bonds. The summed E-state index contributed by atoms with van der Waals surface area (Å²) in [6.07, 6.45) is 1.79. The van der Waals surface area contributed by atoms with Gasteiger partial charge in [0.2, 0.25) is 0 Å². The van der Waals surface area contributed by atoms with Crippen LogP contribution in [0.4, 0.5) is 0 Å². The molecule has 0 bridgehead atoms. The van der Waals surface area contributed by atoms with Gasteiger partial charge in [-0.25, -0.2) is 0 Å². The van der Waals surface area contributed by atoms with E-state index in [0.29, 0.717) is 6.61 Å². The third kappa shape index (κ3) is 2.61. The smallest absolute Gasteiger partial charge is 0.302 e.